The Kier molecular flexibility index (Phi) is 5.36. The van der Waals surface area contributed by atoms with Gasteiger partial charge in [0.05, 0.1) is 11.1 Å². The molecule has 0 aliphatic carbocycles. The number of nitro benzene ring substituents is 1. The molecule has 0 saturated heterocycles. The number of hydrazone groups is 1. The molecule has 0 spiro atoms. The summed E-state index contributed by atoms with van der Waals surface area (Å²) in [7, 11) is 0. The molecule has 128 valence electrons. The zero-order valence-corrected chi connectivity index (χ0v) is 13.6. The molecule has 26 heavy (non-hydrogen) atoms. The van der Waals surface area contributed by atoms with Gasteiger partial charge < -0.3 is 0 Å². The highest BCUT2D eigenvalue weighted by Gasteiger charge is 2.05. The summed E-state index contributed by atoms with van der Waals surface area (Å²) in [5.41, 5.74) is 4.20. The summed E-state index contributed by atoms with van der Waals surface area (Å²) in [6.07, 6.45) is 4.85. The average molecular weight is 346 g/mol. The number of hydrogen-bond donors (Lipinski definition) is 1. The summed E-state index contributed by atoms with van der Waals surface area (Å²) in [6, 6.07) is 16.9. The number of nitro groups is 1. The van der Waals surface area contributed by atoms with Crippen molar-refractivity contribution in [2.24, 2.45) is 10.1 Å². The van der Waals surface area contributed by atoms with Gasteiger partial charge in [0.1, 0.15) is 5.69 Å². The van der Waals surface area contributed by atoms with Gasteiger partial charge in [0.15, 0.2) is 11.7 Å². The first kappa shape index (κ1) is 16.9. The molecule has 0 aliphatic heterocycles. The van der Waals surface area contributed by atoms with E-state index in [0.29, 0.717) is 22.9 Å². The molecule has 0 aliphatic rings. The van der Waals surface area contributed by atoms with Crippen molar-refractivity contribution in [1.29, 1.82) is 0 Å². The second kappa shape index (κ2) is 8.25. The van der Waals surface area contributed by atoms with Crippen molar-refractivity contribution < 1.29 is 4.92 Å². The van der Waals surface area contributed by atoms with Crippen LogP contribution in [0.15, 0.2) is 83.2 Å². The molecule has 2 aromatic heterocycles. The molecule has 8 nitrogen and oxygen atoms in total. The van der Waals surface area contributed by atoms with Crippen molar-refractivity contribution in [1.82, 2.24) is 15.4 Å². The molecule has 1 N–H and O–H groups in total. The highest BCUT2D eigenvalue weighted by molar-refractivity contribution is 5.98. The van der Waals surface area contributed by atoms with Gasteiger partial charge in [0.2, 0.25) is 0 Å². The van der Waals surface area contributed by atoms with Crippen molar-refractivity contribution in [2.75, 3.05) is 0 Å². The Bertz CT molecular complexity index is 925. The van der Waals surface area contributed by atoms with Crippen LogP contribution in [0.1, 0.15) is 11.3 Å². The van der Waals surface area contributed by atoms with E-state index >= 15 is 0 Å². The molecule has 8 heteroatoms. The van der Waals surface area contributed by atoms with Crippen molar-refractivity contribution in [3.63, 3.8) is 0 Å². The number of aromatic nitrogens is 2. The maximum absolute atomic E-state index is 10.7. The van der Waals surface area contributed by atoms with Crippen LogP contribution in [0.3, 0.4) is 0 Å². The van der Waals surface area contributed by atoms with Gasteiger partial charge in [0.25, 0.3) is 5.69 Å². The predicted octanol–water partition coefficient (Wildman–Crippen LogP) is 3.09. The van der Waals surface area contributed by atoms with Crippen molar-refractivity contribution in [3.8, 4) is 0 Å². The van der Waals surface area contributed by atoms with Gasteiger partial charge >= 0.3 is 0 Å². The molecule has 0 amide bonds. The van der Waals surface area contributed by atoms with Gasteiger partial charge in [-0.3, -0.25) is 20.5 Å². The number of hydrogen-bond acceptors (Lipinski definition) is 6. The average Bonchev–Trinajstić information content (AvgIpc) is 2.69. The predicted molar refractivity (Wildman–Crippen MR) is 98.5 cm³/mol. The number of nitrogens with zero attached hydrogens (tertiary/aromatic N) is 5. The van der Waals surface area contributed by atoms with Crippen molar-refractivity contribution in [3.05, 3.63) is 94.4 Å². The van der Waals surface area contributed by atoms with E-state index in [4.69, 9.17) is 0 Å². The second-order valence-electron chi connectivity index (χ2n) is 5.08. The van der Waals surface area contributed by atoms with Crippen LogP contribution in [0, 0.1) is 10.1 Å². The van der Waals surface area contributed by atoms with Gasteiger partial charge in [-0.2, -0.15) is 5.10 Å². The monoisotopic (exact) mass is 346 g/mol. The van der Waals surface area contributed by atoms with Crippen molar-refractivity contribution in [2.45, 2.75) is 0 Å². The highest BCUT2D eigenvalue weighted by atomic mass is 16.6. The maximum atomic E-state index is 10.7. The van der Waals surface area contributed by atoms with Gasteiger partial charge in [-0.25, -0.2) is 9.98 Å². The summed E-state index contributed by atoms with van der Waals surface area (Å²) < 4.78 is 0. The lowest BCUT2D eigenvalue weighted by molar-refractivity contribution is -0.384. The van der Waals surface area contributed by atoms with Crippen LogP contribution in [0.5, 0.6) is 0 Å². The first-order valence-electron chi connectivity index (χ1n) is 7.67. The standard InChI is InChI=1S/C18H14N6O2/c25-24(26)15-9-7-14(8-10-15)13-21-23-18(16-5-1-3-11-19-16)22-17-6-2-4-12-20-17/h1-13H,(H,20,22,23)/b21-13-. The molecule has 0 radical (unpaired) electrons. The number of nitrogens with one attached hydrogen (secondary N) is 1. The Balaban J connectivity index is 1.80. The molecule has 0 fully saturated rings. The smallest absolute Gasteiger partial charge is 0.259 e. The molecule has 0 atom stereocenters. The van der Waals surface area contributed by atoms with Crippen LogP contribution in [0.2, 0.25) is 0 Å². The minimum absolute atomic E-state index is 0.0287. The second-order valence-corrected chi connectivity index (χ2v) is 5.08. The lowest BCUT2D eigenvalue weighted by atomic mass is 10.2. The van der Waals surface area contributed by atoms with E-state index in [-0.39, 0.29) is 5.69 Å². The number of pyridine rings is 2. The molecule has 0 unspecified atom stereocenters. The lowest BCUT2D eigenvalue weighted by Gasteiger charge is -2.04. The topological polar surface area (TPSA) is 106 Å². The Labute approximate surface area is 149 Å². The molecule has 0 bridgehead atoms. The quantitative estimate of drug-likeness (QED) is 0.331. The largest absolute Gasteiger partial charge is 0.269 e. The Morgan fingerprint density at radius 3 is 2.35 bits per heavy atom. The van der Waals surface area contributed by atoms with E-state index in [2.05, 4.69) is 25.5 Å². The van der Waals surface area contributed by atoms with Crippen LogP contribution in [0.25, 0.3) is 0 Å². The Hall–Kier alpha value is -3.94. The summed E-state index contributed by atoms with van der Waals surface area (Å²) in [4.78, 5) is 23.1. The fourth-order valence-electron chi connectivity index (χ4n) is 2.03. The number of non-ortho nitro benzene ring substituents is 1. The number of rotatable bonds is 5. The molecular formula is C18H14N6O2. The first-order valence-corrected chi connectivity index (χ1v) is 7.67. The summed E-state index contributed by atoms with van der Waals surface area (Å²) in [5, 5.41) is 14.8. The maximum Gasteiger partial charge on any atom is 0.269 e. The minimum atomic E-state index is -0.447. The van der Waals surface area contributed by atoms with Crippen LogP contribution in [0.4, 0.5) is 11.5 Å². The summed E-state index contributed by atoms with van der Waals surface area (Å²) >= 11 is 0. The van der Waals surface area contributed by atoms with Gasteiger partial charge in [0, 0.05) is 24.5 Å². The summed E-state index contributed by atoms with van der Waals surface area (Å²) in [5.74, 6) is 0.952. The normalized spacial score (nSPS) is 11.5. The number of aliphatic imine (C=N–C) groups is 1. The van der Waals surface area contributed by atoms with Gasteiger partial charge in [-0.1, -0.05) is 12.1 Å². The third-order valence-electron chi connectivity index (χ3n) is 3.27. The fourth-order valence-corrected chi connectivity index (χ4v) is 2.03. The van der Waals surface area contributed by atoms with E-state index in [1.54, 1.807) is 48.9 Å². The third kappa shape index (κ3) is 4.54. The van der Waals surface area contributed by atoms with E-state index in [9.17, 15) is 10.1 Å². The number of amidine groups is 1. The van der Waals surface area contributed by atoms with E-state index in [1.807, 2.05) is 18.2 Å². The van der Waals surface area contributed by atoms with Gasteiger partial charge in [-0.15, -0.1) is 0 Å². The minimum Gasteiger partial charge on any atom is -0.259 e. The van der Waals surface area contributed by atoms with Crippen LogP contribution in [-0.4, -0.2) is 26.9 Å². The molecular weight excluding hydrogens is 332 g/mol. The van der Waals surface area contributed by atoms with E-state index < -0.39 is 4.92 Å². The first-order chi connectivity index (χ1) is 12.7. The molecule has 3 rings (SSSR count). The van der Waals surface area contributed by atoms with Gasteiger partial charge in [-0.05, 0) is 42.0 Å². The Morgan fingerprint density at radius 2 is 1.73 bits per heavy atom. The van der Waals surface area contributed by atoms with Crippen LogP contribution in [-0.2, 0) is 0 Å². The van der Waals surface area contributed by atoms with E-state index in [1.165, 1.54) is 12.1 Å². The molecule has 3 aromatic rings. The molecule has 2 heterocycles. The zero-order chi connectivity index (χ0) is 18.2. The molecule has 1 aromatic carbocycles. The SMILES string of the molecule is O=[N+]([O-])c1ccc(/C=N\NC(=Nc2ccccn2)c2ccccn2)cc1. The number of benzene rings is 1. The lowest BCUT2D eigenvalue weighted by Crippen LogP contribution is -2.20. The molecule has 0 saturated carbocycles. The van der Waals surface area contributed by atoms with E-state index in [0.717, 1.165) is 0 Å². The van der Waals surface area contributed by atoms with Crippen molar-refractivity contribution >= 4 is 23.6 Å². The van der Waals surface area contributed by atoms with Crippen LogP contribution >= 0.6 is 0 Å². The van der Waals surface area contributed by atoms with Crippen LogP contribution < -0.4 is 5.43 Å². The fraction of sp³-hybridized carbons (Fsp3) is 0. The zero-order valence-electron chi connectivity index (χ0n) is 13.6. The summed E-state index contributed by atoms with van der Waals surface area (Å²) in [6.45, 7) is 0. The third-order valence-corrected chi connectivity index (χ3v) is 3.27. The highest BCUT2D eigenvalue weighted by Crippen LogP contribution is 2.11. The Morgan fingerprint density at radius 1 is 1.00 bits per heavy atom.